The van der Waals surface area contributed by atoms with Gasteiger partial charge >= 0.3 is 6.03 Å². The van der Waals surface area contributed by atoms with Crippen LogP contribution in [0.5, 0.6) is 17.2 Å². The van der Waals surface area contributed by atoms with E-state index in [0.717, 1.165) is 42.1 Å². The first-order valence-corrected chi connectivity index (χ1v) is 13.8. The first-order chi connectivity index (χ1) is 19.6. The van der Waals surface area contributed by atoms with Gasteiger partial charge in [0.15, 0.2) is 11.5 Å². The second kappa shape index (κ2) is 13.0. The molecule has 2 aromatic carbocycles. The molecule has 0 radical (unpaired) electrons. The number of carbonyl (C=O) groups excluding carboxylic acids is 2. The van der Waals surface area contributed by atoms with Crippen molar-refractivity contribution in [3.63, 3.8) is 0 Å². The second-order valence-electron chi connectivity index (χ2n) is 9.95. The molecule has 1 N–H and O–H groups in total. The number of hydrogen-bond donors (Lipinski definition) is 1. The van der Waals surface area contributed by atoms with E-state index in [9.17, 15) is 9.59 Å². The third-order valence-electron chi connectivity index (χ3n) is 7.30. The molecule has 0 unspecified atom stereocenters. The Labute approximate surface area is 234 Å². The Kier molecular flexibility index (Phi) is 9.02. The van der Waals surface area contributed by atoms with Crippen LogP contribution in [0.4, 0.5) is 4.79 Å². The van der Waals surface area contributed by atoms with E-state index in [-0.39, 0.29) is 31.3 Å². The van der Waals surface area contributed by atoms with Gasteiger partial charge in [0.05, 0.1) is 32.1 Å². The number of morpholine rings is 1. The van der Waals surface area contributed by atoms with Crippen molar-refractivity contribution in [2.24, 2.45) is 5.10 Å². The van der Waals surface area contributed by atoms with Gasteiger partial charge in [0.2, 0.25) is 6.79 Å². The summed E-state index contributed by atoms with van der Waals surface area (Å²) in [6.07, 6.45) is 1.33. The van der Waals surface area contributed by atoms with E-state index >= 15 is 0 Å². The molecule has 11 nitrogen and oxygen atoms in total. The number of benzene rings is 2. The molecule has 1 fully saturated rings. The summed E-state index contributed by atoms with van der Waals surface area (Å²) in [5, 5.41) is 9.24. The van der Waals surface area contributed by atoms with Gasteiger partial charge in [-0.1, -0.05) is 13.0 Å². The molecular formula is C29H37N5O6. The highest BCUT2D eigenvalue weighted by atomic mass is 16.7. The zero-order valence-corrected chi connectivity index (χ0v) is 23.1. The van der Waals surface area contributed by atoms with Gasteiger partial charge in [0, 0.05) is 39.1 Å². The number of carbonyl (C=O) groups is 2. The summed E-state index contributed by atoms with van der Waals surface area (Å²) in [5.74, 6) is 1.82. The SMILES string of the molecule is CCCNC(=O)N(CCN1CCOCC1)CC(=O)N1N=C(c2ccc(OC)cc2)C[C@@H]1c1ccc2c(c1)OCO2. The molecule has 1 saturated heterocycles. The molecule has 3 heterocycles. The number of fused-ring (bicyclic) bond motifs is 1. The zero-order chi connectivity index (χ0) is 27.9. The lowest BCUT2D eigenvalue weighted by molar-refractivity contribution is -0.133. The average Bonchev–Trinajstić information content (AvgIpc) is 3.66. The first-order valence-electron chi connectivity index (χ1n) is 13.8. The van der Waals surface area contributed by atoms with Crippen LogP contribution in [0.3, 0.4) is 0 Å². The minimum absolute atomic E-state index is 0.0830. The fourth-order valence-electron chi connectivity index (χ4n) is 5.00. The maximum Gasteiger partial charge on any atom is 0.317 e. The van der Waals surface area contributed by atoms with Gasteiger partial charge in [-0.05, 0) is 53.9 Å². The van der Waals surface area contributed by atoms with Crippen LogP contribution in [0, 0.1) is 0 Å². The van der Waals surface area contributed by atoms with Crippen molar-refractivity contribution in [2.45, 2.75) is 25.8 Å². The summed E-state index contributed by atoms with van der Waals surface area (Å²) in [4.78, 5) is 30.8. The quantitative estimate of drug-likeness (QED) is 0.484. The number of nitrogens with zero attached hydrogens (tertiary/aromatic N) is 4. The molecule has 3 aliphatic heterocycles. The predicted molar refractivity (Wildman–Crippen MR) is 149 cm³/mol. The molecule has 0 spiro atoms. The highest BCUT2D eigenvalue weighted by molar-refractivity contribution is 6.03. The van der Waals surface area contributed by atoms with Crippen molar-refractivity contribution in [1.29, 1.82) is 0 Å². The van der Waals surface area contributed by atoms with Crippen LogP contribution in [0.1, 0.15) is 36.9 Å². The molecule has 0 aliphatic carbocycles. The number of nitrogens with one attached hydrogen (secondary N) is 1. The van der Waals surface area contributed by atoms with Gasteiger partial charge in [-0.3, -0.25) is 9.69 Å². The van der Waals surface area contributed by atoms with Gasteiger partial charge in [0.25, 0.3) is 5.91 Å². The maximum atomic E-state index is 13.9. The number of urea groups is 1. The lowest BCUT2D eigenvalue weighted by Crippen LogP contribution is -2.49. The minimum Gasteiger partial charge on any atom is -0.497 e. The molecule has 2 aromatic rings. The van der Waals surface area contributed by atoms with Crippen molar-refractivity contribution in [3.05, 3.63) is 53.6 Å². The molecule has 214 valence electrons. The summed E-state index contributed by atoms with van der Waals surface area (Å²) in [6.45, 7) is 6.71. The van der Waals surface area contributed by atoms with Crippen LogP contribution in [0.2, 0.25) is 0 Å². The standard InChI is InChI=1S/C29H37N5O6/c1-3-10-30-29(36)33(12-11-32-13-15-38-16-14-32)19-28(35)34-25(22-6-9-26-27(17-22)40-20-39-26)18-24(31-34)21-4-7-23(37-2)8-5-21/h4-9,17,25H,3,10-16,18-20H2,1-2H3,(H,30,36)/t25-/m1/s1. The summed E-state index contributed by atoms with van der Waals surface area (Å²) >= 11 is 0. The van der Waals surface area contributed by atoms with Crippen LogP contribution in [0.25, 0.3) is 0 Å². The predicted octanol–water partition coefficient (Wildman–Crippen LogP) is 2.86. The van der Waals surface area contributed by atoms with Crippen molar-refractivity contribution < 1.29 is 28.5 Å². The average molecular weight is 552 g/mol. The third kappa shape index (κ3) is 6.48. The third-order valence-corrected chi connectivity index (χ3v) is 7.30. The highest BCUT2D eigenvalue weighted by Crippen LogP contribution is 2.39. The molecular weight excluding hydrogens is 514 g/mol. The lowest BCUT2D eigenvalue weighted by atomic mass is 9.98. The van der Waals surface area contributed by atoms with Crippen LogP contribution in [0.15, 0.2) is 47.6 Å². The van der Waals surface area contributed by atoms with Crippen LogP contribution < -0.4 is 19.5 Å². The van der Waals surface area contributed by atoms with E-state index < -0.39 is 0 Å². The van der Waals surface area contributed by atoms with E-state index in [4.69, 9.17) is 24.0 Å². The van der Waals surface area contributed by atoms with Gasteiger partial charge in [0.1, 0.15) is 12.3 Å². The molecule has 40 heavy (non-hydrogen) atoms. The number of amides is 3. The van der Waals surface area contributed by atoms with E-state index in [1.54, 1.807) is 12.0 Å². The molecule has 11 heteroatoms. The monoisotopic (exact) mass is 551 g/mol. The largest absolute Gasteiger partial charge is 0.497 e. The number of rotatable bonds is 10. The van der Waals surface area contributed by atoms with Gasteiger partial charge in [-0.25, -0.2) is 9.80 Å². The topological polar surface area (TPSA) is 105 Å². The Morgan fingerprint density at radius 3 is 2.62 bits per heavy atom. The van der Waals surface area contributed by atoms with Crippen LogP contribution >= 0.6 is 0 Å². The molecule has 3 amide bonds. The van der Waals surface area contributed by atoms with Gasteiger partial charge in [-0.2, -0.15) is 5.10 Å². The van der Waals surface area contributed by atoms with Crippen LogP contribution in [-0.4, -0.2) is 98.8 Å². The first kappa shape index (κ1) is 27.7. The fraction of sp³-hybridized carbons (Fsp3) is 0.483. The normalized spacial score (nSPS) is 18.4. The number of hydrogen-bond acceptors (Lipinski definition) is 8. The maximum absolute atomic E-state index is 13.9. The van der Waals surface area contributed by atoms with Crippen molar-refractivity contribution in [1.82, 2.24) is 20.1 Å². The zero-order valence-electron chi connectivity index (χ0n) is 23.1. The summed E-state index contributed by atoms with van der Waals surface area (Å²) < 4.78 is 21.8. The number of ether oxygens (including phenoxy) is 4. The molecule has 0 saturated carbocycles. The van der Waals surface area contributed by atoms with E-state index in [2.05, 4.69) is 10.2 Å². The fourth-order valence-corrected chi connectivity index (χ4v) is 5.00. The number of hydrazone groups is 1. The Morgan fingerprint density at radius 2 is 1.88 bits per heavy atom. The van der Waals surface area contributed by atoms with E-state index in [1.165, 1.54) is 5.01 Å². The van der Waals surface area contributed by atoms with Crippen molar-refractivity contribution >= 4 is 17.6 Å². The Bertz CT molecular complexity index is 1210. The Morgan fingerprint density at radius 1 is 1.10 bits per heavy atom. The highest BCUT2D eigenvalue weighted by Gasteiger charge is 2.35. The molecule has 5 rings (SSSR count). The molecule has 1 atom stereocenters. The molecule has 0 aromatic heterocycles. The molecule has 3 aliphatic rings. The number of methoxy groups -OCH3 is 1. The minimum atomic E-state index is -0.348. The lowest BCUT2D eigenvalue weighted by Gasteiger charge is -2.31. The van der Waals surface area contributed by atoms with E-state index in [0.29, 0.717) is 50.8 Å². The van der Waals surface area contributed by atoms with E-state index in [1.807, 2.05) is 49.4 Å². The van der Waals surface area contributed by atoms with Gasteiger partial charge < -0.3 is 29.2 Å². The van der Waals surface area contributed by atoms with Gasteiger partial charge in [-0.15, -0.1) is 0 Å². The summed E-state index contributed by atoms with van der Waals surface area (Å²) in [5.41, 5.74) is 2.58. The van der Waals surface area contributed by atoms with Crippen LogP contribution in [-0.2, 0) is 9.53 Å². The summed E-state index contributed by atoms with van der Waals surface area (Å²) in [6, 6.07) is 12.7. The summed E-state index contributed by atoms with van der Waals surface area (Å²) in [7, 11) is 1.62. The smallest absolute Gasteiger partial charge is 0.317 e. The van der Waals surface area contributed by atoms with Crippen molar-refractivity contribution in [3.8, 4) is 17.2 Å². The molecule has 0 bridgehead atoms. The Hall–Kier alpha value is -3.83. The Balaban J connectivity index is 1.37. The van der Waals surface area contributed by atoms with Crippen molar-refractivity contribution in [2.75, 3.05) is 66.4 Å². The second-order valence-corrected chi connectivity index (χ2v) is 9.95.